The first-order valence-electron chi connectivity index (χ1n) is 7.02. The normalized spacial score (nSPS) is 17.5. The van der Waals surface area contributed by atoms with Crippen LogP contribution in [0.5, 0.6) is 0 Å². The van der Waals surface area contributed by atoms with Gasteiger partial charge in [-0.15, -0.1) is 0 Å². The first-order chi connectivity index (χ1) is 10.3. The van der Waals surface area contributed by atoms with Crippen LogP contribution in [0, 0.1) is 5.92 Å². The van der Waals surface area contributed by atoms with Crippen LogP contribution in [0.15, 0.2) is 4.52 Å². The number of rotatable bonds is 6. The van der Waals surface area contributed by atoms with Crippen molar-refractivity contribution in [1.82, 2.24) is 25.7 Å². The summed E-state index contributed by atoms with van der Waals surface area (Å²) in [6.45, 7) is 4.26. The molecule has 1 atom stereocenters. The molecule has 1 aliphatic heterocycles. The quantitative estimate of drug-likeness (QED) is 0.704. The maximum atomic E-state index is 12.0. The van der Waals surface area contributed by atoms with Gasteiger partial charge in [-0.25, -0.2) is 4.79 Å². The molecule has 22 heavy (non-hydrogen) atoms. The van der Waals surface area contributed by atoms with Crippen molar-refractivity contribution in [3.05, 3.63) is 11.7 Å². The SMILES string of the molecule is CC(C)Cc1noc(CN(C)C(=O)C[C@H]2NC(=O)NC2=O)n1. The van der Waals surface area contributed by atoms with E-state index in [-0.39, 0.29) is 18.9 Å². The molecule has 0 aromatic carbocycles. The fourth-order valence-electron chi connectivity index (χ4n) is 2.03. The van der Waals surface area contributed by atoms with Crippen molar-refractivity contribution < 1.29 is 18.9 Å². The number of nitrogens with zero attached hydrogens (tertiary/aromatic N) is 3. The fraction of sp³-hybridized carbons (Fsp3) is 0.615. The highest BCUT2D eigenvalue weighted by atomic mass is 16.5. The molecule has 2 heterocycles. The van der Waals surface area contributed by atoms with Crippen LogP contribution in [0.2, 0.25) is 0 Å². The van der Waals surface area contributed by atoms with Gasteiger partial charge in [0.1, 0.15) is 6.04 Å². The zero-order valence-corrected chi connectivity index (χ0v) is 12.8. The van der Waals surface area contributed by atoms with Crippen molar-refractivity contribution in [3.63, 3.8) is 0 Å². The van der Waals surface area contributed by atoms with Gasteiger partial charge in [-0.3, -0.25) is 14.9 Å². The molecule has 0 spiro atoms. The molecule has 1 aliphatic rings. The second-order valence-corrected chi connectivity index (χ2v) is 5.67. The minimum Gasteiger partial charge on any atom is -0.337 e. The smallest absolute Gasteiger partial charge is 0.322 e. The van der Waals surface area contributed by atoms with E-state index in [2.05, 4.69) is 20.8 Å². The van der Waals surface area contributed by atoms with E-state index in [1.807, 2.05) is 13.8 Å². The molecule has 120 valence electrons. The van der Waals surface area contributed by atoms with Gasteiger partial charge in [0.2, 0.25) is 11.8 Å². The molecular formula is C13H19N5O4. The molecule has 2 N–H and O–H groups in total. The van der Waals surface area contributed by atoms with Crippen molar-refractivity contribution in [2.24, 2.45) is 5.92 Å². The average Bonchev–Trinajstić information content (AvgIpc) is 2.96. The average molecular weight is 309 g/mol. The van der Waals surface area contributed by atoms with Gasteiger partial charge in [0.25, 0.3) is 5.91 Å². The van der Waals surface area contributed by atoms with Crippen molar-refractivity contribution >= 4 is 17.8 Å². The molecule has 1 fully saturated rings. The first-order valence-corrected chi connectivity index (χ1v) is 7.02. The summed E-state index contributed by atoms with van der Waals surface area (Å²) in [5.74, 6) is 0.559. The van der Waals surface area contributed by atoms with Gasteiger partial charge in [0.05, 0.1) is 13.0 Å². The number of carbonyl (C=O) groups is 3. The Kier molecular flexibility index (Phi) is 4.74. The molecule has 0 aliphatic carbocycles. The largest absolute Gasteiger partial charge is 0.337 e. The standard InChI is InChI=1S/C13H19N5O4/c1-7(2)4-9-15-10(22-17-9)6-18(3)11(19)5-8-12(20)16-13(21)14-8/h7-8H,4-6H2,1-3H3,(H2,14,16,20,21)/t8-/m1/s1. The van der Waals surface area contributed by atoms with Crippen molar-refractivity contribution in [2.45, 2.75) is 39.3 Å². The highest BCUT2D eigenvalue weighted by Gasteiger charge is 2.32. The van der Waals surface area contributed by atoms with E-state index in [9.17, 15) is 14.4 Å². The minimum atomic E-state index is -0.832. The molecule has 2 rings (SSSR count). The van der Waals surface area contributed by atoms with E-state index in [0.717, 1.165) is 0 Å². The van der Waals surface area contributed by atoms with Crippen LogP contribution in [0.25, 0.3) is 0 Å². The highest BCUT2D eigenvalue weighted by Crippen LogP contribution is 2.08. The van der Waals surface area contributed by atoms with Crippen LogP contribution in [-0.4, -0.2) is 46.0 Å². The van der Waals surface area contributed by atoms with Gasteiger partial charge < -0.3 is 14.7 Å². The molecule has 1 aromatic heterocycles. The Morgan fingerprint density at radius 1 is 1.41 bits per heavy atom. The number of nitrogens with one attached hydrogen (secondary N) is 2. The lowest BCUT2D eigenvalue weighted by Crippen LogP contribution is -2.37. The van der Waals surface area contributed by atoms with Gasteiger partial charge in [-0.2, -0.15) is 4.98 Å². The fourth-order valence-corrected chi connectivity index (χ4v) is 2.03. The molecule has 0 unspecified atom stereocenters. The summed E-state index contributed by atoms with van der Waals surface area (Å²) in [6, 6.07) is -1.41. The summed E-state index contributed by atoms with van der Waals surface area (Å²) in [5.41, 5.74) is 0. The molecule has 0 bridgehead atoms. The maximum Gasteiger partial charge on any atom is 0.322 e. The predicted octanol–water partition coefficient (Wildman–Crippen LogP) is -0.175. The van der Waals surface area contributed by atoms with Gasteiger partial charge in [-0.1, -0.05) is 19.0 Å². The van der Waals surface area contributed by atoms with Gasteiger partial charge in [0, 0.05) is 13.5 Å². The Morgan fingerprint density at radius 3 is 2.73 bits per heavy atom. The van der Waals surface area contributed by atoms with Crippen molar-refractivity contribution in [1.29, 1.82) is 0 Å². The molecule has 0 radical (unpaired) electrons. The number of urea groups is 1. The third-order valence-corrected chi connectivity index (χ3v) is 3.14. The summed E-state index contributed by atoms with van der Waals surface area (Å²) in [4.78, 5) is 40.0. The van der Waals surface area contributed by atoms with Gasteiger partial charge in [-0.05, 0) is 5.92 Å². The lowest BCUT2D eigenvalue weighted by molar-refractivity contribution is -0.133. The topological polar surface area (TPSA) is 117 Å². The van der Waals surface area contributed by atoms with Crippen molar-refractivity contribution in [2.75, 3.05) is 7.05 Å². The van der Waals surface area contributed by atoms with Crippen LogP contribution < -0.4 is 10.6 Å². The van der Waals surface area contributed by atoms with Crippen LogP contribution in [-0.2, 0) is 22.6 Å². The Hall–Kier alpha value is -2.45. The summed E-state index contributed by atoms with van der Waals surface area (Å²) in [6.07, 6.45) is 0.594. The predicted molar refractivity (Wildman–Crippen MR) is 74.4 cm³/mol. The molecule has 9 nitrogen and oxygen atoms in total. The van der Waals surface area contributed by atoms with Crippen LogP contribution in [0.4, 0.5) is 4.79 Å². The van der Waals surface area contributed by atoms with E-state index >= 15 is 0 Å². The Balaban J connectivity index is 1.87. The van der Waals surface area contributed by atoms with E-state index in [1.165, 1.54) is 4.90 Å². The van der Waals surface area contributed by atoms with Crippen LogP contribution >= 0.6 is 0 Å². The van der Waals surface area contributed by atoms with E-state index in [0.29, 0.717) is 24.1 Å². The van der Waals surface area contributed by atoms with E-state index in [4.69, 9.17) is 4.52 Å². The number of imide groups is 1. The van der Waals surface area contributed by atoms with Gasteiger partial charge in [0.15, 0.2) is 5.82 Å². The molecule has 9 heteroatoms. The lowest BCUT2D eigenvalue weighted by atomic mass is 10.1. The Bertz CT molecular complexity index is 583. The van der Waals surface area contributed by atoms with Crippen LogP contribution in [0.3, 0.4) is 0 Å². The second-order valence-electron chi connectivity index (χ2n) is 5.67. The summed E-state index contributed by atoms with van der Waals surface area (Å²) >= 11 is 0. The zero-order chi connectivity index (χ0) is 16.3. The minimum absolute atomic E-state index is 0.110. The van der Waals surface area contributed by atoms with Crippen LogP contribution in [0.1, 0.15) is 32.0 Å². The number of aromatic nitrogens is 2. The molecule has 1 saturated heterocycles. The number of carbonyl (C=O) groups excluding carboxylic acids is 3. The number of hydrogen-bond acceptors (Lipinski definition) is 6. The molecular weight excluding hydrogens is 290 g/mol. The third kappa shape index (κ3) is 4.03. The molecule has 0 saturated carbocycles. The number of amides is 4. The lowest BCUT2D eigenvalue weighted by Gasteiger charge is -2.16. The highest BCUT2D eigenvalue weighted by molar-refractivity contribution is 6.05. The first kappa shape index (κ1) is 15.9. The van der Waals surface area contributed by atoms with Crippen molar-refractivity contribution in [3.8, 4) is 0 Å². The maximum absolute atomic E-state index is 12.0. The Morgan fingerprint density at radius 2 is 2.14 bits per heavy atom. The molecule has 4 amide bonds. The van der Waals surface area contributed by atoms with Gasteiger partial charge >= 0.3 is 6.03 Å². The zero-order valence-electron chi connectivity index (χ0n) is 12.8. The number of hydrogen-bond donors (Lipinski definition) is 2. The summed E-state index contributed by atoms with van der Waals surface area (Å²) in [5, 5.41) is 8.31. The van der Waals surface area contributed by atoms with E-state index in [1.54, 1.807) is 7.05 Å². The summed E-state index contributed by atoms with van der Waals surface area (Å²) in [7, 11) is 1.57. The monoisotopic (exact) mass is 309 g/mol. The summed E-state index contributed by atoms with van der Waals surface area (Å²) < 4.78 is 5.09. The molecule has 1 aromatic rings. The van der Waals surface area contributed by atoms with E-state index < -0.39 is 18.0 Å². The Labute approximate surface area is 127 Å². The third-order valence-electron chi connectivity index (χ3n) is 3.14. The second kappa shape index (κ2) is 6.54.